The van der Waals surface area contributed by atoms with Gasteiger partial charge >= 0.3 is 0 Å². The molecule has 0 radical (unpaired) electrons. The molecule has 1 fully saturated rings. The molecular formula is C15H30O2Si. The molecule has 0 bridgehead atoms. The molecule has 0 aromatic heterocycles. The van der Waals surface area contributed by atoms with Crippen molar-refractivity contribution in [2.45, 2.75) is 83.5 Å². The van der Waals surface area contributed by atoms with Crippen molar-refractivity contribution in [2.24, 2.45) is 5.92 Å². The van der Waals surface area contributed by atoms with E-state index in [-0.39, 0.29) is 11.1 Å². The van der Waals surface area contributed by atoms with Crippen molar-refractivity contribution in [3.63, 3.8) is 0 Å². The second kappa shape index (κ2) is 6.33. The summed E-state index contributed by atoms with van der Waals surface area (Å²) in [6, 6.07) is 0. The van der Waals surface area contributed by atoms with Gasteiger partial charge in [0.05, 0.1) is 6.10 Å². The van der Waals surface area contributed by atoms with E-state index < -0.39 is 8.32 Å². The van der Waals surface area contributed by atoms with Gasteiger partial charge in [-0.2, -0.15) is 0 Å². The smallest absolute Gasteiger partial charge is 0.192 e. The maximum atomic E-state index is 10.9. The molecule has 3 heteroatoms. The van der Waals surface area contributed by atoms with Crippen LogP contribution in [0.5, 0.6) is 0 Å². The Morgan fingerprint density at radius 1 is 1.22 bits per heavy atom. The van der Waals surface area contributed by atoms with Crippen LogP contribution in [0.1, 0.15) is 59.3 Å². The second-order valence-corrected chi connectivity index (χ2v) is 12.0. The Kier molecular flexibility index (Phi) is 5.59. The van der Waals surface area contributed by atoms with E-state index in [0.717, 1.165) is 6.29 Å². The number of hydrogen-bond acceptors (Lipinski definition) is 2. The van der Waals surface area contributed by atoms with E-state index in [4.69, 9.17) is 4.43 Å². The Morgan fingerprint density at radius 2 is 1.78 bits per heavy atom. The highest BCUT2D eigenvalue weighted by Gasteiger charge is 2.40. The third-order valence-electron chi connectivity index (χ3n) is 4.76. The van der Waals surface area contributed by atoms with Crippen LogP contribution in [0.3, 0.4) is 0 Å². The summed E-state index contributed by atoms with van der Waals surface area (Å²) in [7, 11) is -1.75. The maximum absolute atomic E-state index is 10.9. The van der Waals surface area contributed by atoms with Crippen LogP contribution < -0.4 is 0 Å². The lowest BCUT2D eigenvalue weighted by Crippen LogP contribution is -2.46. The predicted octanol–water partition coefficient (Wildman–Crippen LogP) is 4.55. The van der Waals surface area contributed by atoms with E-state index in [1.54, 1.807) is 0 Å². The molecule has 2 nitrogen and oxygen atoms in total. The van der Waals surface area contributed by atoms with Crippen LogP contribution in [0, 0.1) is 5.92 Å². The van der Waals surface area contributed by atoms with Crippen molar-refractivity contribution in [3.05, 3.63) is 0 Å². The summed E-state index contributed by atoms with van der Waals surface area (Å²) in [4.78, 5) is 10.9. The van der Waals surface area contributed by atoms with Gasteiger partial charge in [-0.25, -0.2) is 0 Å². The Balaban J connectivity index is 2.70. The van der Waals surface area contributed by atoms with Gasteiger partial charge in [-0.15, -0.1) is 0 Å². The molecule has 1 aliphatic carbocycles. The third-order valence-corrected chi connectivity index (χ3v) is 9.26. The molecular weight excluding hydrogens is 240 g/mol. The zero-order valence-corrected chi connectivity index (χ0v) is 13.8. The summed E-state index contributed by atoms with van der Waals surface area (Å²) < 4.78 is 6.49. The lowest BCUT2D eigenvalue weighted by Gasteiger charge is -2.42. The minimum absolute atomic E-state index is 0.170. The van der Waals surface area contributed by atoms with E-state index >= 15 is 0 Å². The molecule has 0 N–H and O–H groups in total. The van der Waals surface area contributed by atoms with Crippen molar-refractivity contribution in [3.8, 4) is 0 Å². The molecule has 0 aromatic carbocycles. The molecule has 1 rings (SSSR count). The normalized spacial score (nSPS) is 20.7. The minimum Gasteiger partial charge on any atom is -0.413 e. The Bertz CT molecular complexity index is 262. The molecule has 0 amide bonds. The predicted molar refractivity (Wildman–Crippen MR) is 79.3 cm³/mol. The van der Waals surface area contributed by atoms with Gasteiger partial charge in [0.2, 0.25) is 0 Å². The molecule has 0 aromatic rings. The number of carbonyl (C=O) groups excluding carboxylic acids is 1. The molecule has 0 unspecified atom stereocenters. The molecule has 1 aliphatic rings. The first kappa shape index (κ1) is 15.9. The first-order valence-corrected chi connectivity index (χ1v) is 10.3. The summed E-state index contributed by atoms with van der Waals surface area (Å²) in [5, 5.41) is 0.225. The fraction of sp³-hybridized carbons (Fsp3) is 0.933. The largest absolute Gasteiger partial charge is 0.413 e. The molecule has 0 saturated heterocycles. The van der Waals surface area contributed by atoms with E-state index in [2.05, 4.69) is 33.9 Å². The highest BCUT2D eigenvalue weighted by molar-refractivity contribution is 6.74. The molecule has 0 spiro atoms. The van der Waals surface area contributed by atoms with E-state index in [0.29, 0.717) is 12.3 Å². The minimum atomic E-state index is -1.75. The van der Waals surface area contributed by atoms with Crippen molar-refractivity contribution in [1.82, 2.24) is 0 Å². The highest BCUT2D eigenvalue weighted by Crippen LogP contribution is 2.40. The summed E-state index contributed by atoms with van der Waals surface area (Å²) in [6.07, 6.45) is 8.25. The molecule has 18 heavy (non-hydrogen) atoms. The van der Waals surface area contributed by atoms with Gasteiger partial charge in [-0.05, 0) is 36.9 Å². The highest BCUT2D eigenvalue weighted by atomic mass is 28.4. The van der Waals surface area contributed by atoms with Gasteiger partial charge in [-0.3, -0.25) is 0 Å². The fourth-order valence-corrected chi connectivity index (χ4v) is 3.89. The maximum Gasteiger partial charge on any atom is 0.192 e. The average Bonchev–Trinajstić information content (AvgIpc) is 2.28. The average molecular weight is 270 g/mol. The quantitative estimate of drug-likeness (QED) is 0.541. The Hall–Kier alpha value is -0.153. The van der Waals surface area contributed by atoms with Crippen LogP contribution in [-0.2, 0) is 9.22 Å². The van der Waals surface area contributed by atoms with Crippen molar-refractivity contribution in [2.75, 3.05) is 0 Å². The summed E-state index contributed by atoms with van der Waals surface area (Å²) in [6.45, 7) is 11.4. The lowest BCUT2D eigenvalue weighted by molar-refractivity contribution is -0.110. The standard InChI is InChI=1S/C15H30O2Si/c1-15(2,3)18(4,5)17-14(11-12-16)13-9-7-6-8-10-13/h12-14H,6-11H2,1-5H3/t14-/m0/s1. The van der Waals surface area contributed by atoms with Gasteiger partial charge in [0, 0.05) is 6.42 Å². The number of hydrogen-bond donors (Lipinski definition) is 0. The van der Waals surface area contributed by atoms with Crippen LogP contribution in [0.15, 0.2) is 0 Å². The summed E-state index contributed by atoms with van der Waals surface area (Å²) in [5.41, 5.74) is 0. The molecule has 1 atom stereocenters. The monoisotopic (exact) mass is 270 g/mol. The van der Waals surface area contributed by atoms with Crippen LogP contribution in [0.2, 0.25) is 18.1 Å². The van der Waals surface area contributed by atoms with Crippen LogP contribution >= 0.6 is 0 Å². The third kappa shape index (κ3) is 4.20. The van der Waals surface area contributed by atoms with E-state index in [1.807, 2.05) is 0 Å². The Morgan fingerprint density at radius 3 is 2.22 bits per heavy atom. The summed E-state index contributed by atoms with van der Waals surface area (Å²) in [5.74, 6) is 0.609. The SMILES string of the molecule is CC(C)(C)[Si](C)(C)O[C@@H](CC=O)C1CCCCC1. The van der Waals surface area contributed by atoms with Gasteiger partial charge in [0.15, 0.2) is 8.32 Å². The zero-order valence-electron chi connectivity index (χ0n) is 12.8. The van der Waals surface area contributed by atoms with Crippen molar-refractivity contribution < 1.29 is 9.22 Å². The van der Waals surface area contributed by atoms with E-state index in [1.165, 1.54) is 32.1 Å². The Labute approximate surface area is 114 Å². The number of carbonyl (C=O) groups is 1. The molecule has 0 heterocycles. The lowest BCUT2D eigenvalue weighted by atomic mass is 9.84. The number of rotatable bonds is 5. The second-order valence-electron chi connectivity index (χ2n) is 7.22. The number of aldehydes is 1. The van der Waals surface area contributed by atoms with Crippen LogP contribution in [0.4, 0.5) is 0 Å². The van der Waals surface area contributed by atoms with Crippen molar-refractivity contribution >= 4 is 14.6 Å². The van der Waals surface area contributed by atoms with Gasteiger partial charge in [0.1, 0.15) is 6.29 Å². The first-order valence-electron chi connectivity index (χ1n) is 7.39. The van der Waals surface area contributed by atoms with Crippen molar-refractivity contribution in [1.29, 1.82) is 0 Å². The van der Waals surface area contributed by atoms with Crippen LogP contribution in [-0.4, -0.2) is 20.7 Å². The topological polar surface area (TPSA) is 26.3 Å². The molecule has 0 aliphatic heterocycles. The summed E-state index contributed by atoms with van der Waals surface area (Å²) >= 11 is 0. The van der Waals surface area contributed by atoms with Gasteiger partial charge in [-0.1, -0.05) is 40.0 Å². The molecule has 1 saturated carbocycles. The van der Waals surface area contributed by atoms with Gasteiger partial charge < -0.3 is 9.22 Å². The fourth-order valence-electron chi connectivity index (χ4n) is 2.49. The van der Waals surface area contributed by atoms with Crippen LogP contribution in [0.25, 0.3) is 0 Å². The zero-order chi connectivity index (χ0) is 13.8. The van der Waals surface area contributed by atoms with E-state index in [9.17, 15) is 4.79 Å². The molecule has 106 valence electrons. The van der Waals surface area contributed by atoms with Gasteiger partial charge in [0.25, 0.3) is 0 Å². The first-order chi connectivity index (χ1) is 8.28.